The van der Waals surface area contributed by atoms with Crippen molar-refractivity contribution in [1.29, 1.82) is 0 Å². The van der Waals surface area contributed by atoms with Crippen LogP contribution in [0, 0.1) is 17.6 Å². The molecule has 3 aromatic rings. The molecule has 1 fully saturated rings. The van der Waals surface area contributed by atoms with Crippen LogP contribution in [-0.2, 0) is 13.0 Å². The third kappa shape index (κ3) is 5.62. The minimum Gasteiger partial charge on any atom is -0.493 e. The van der Waals surface area contributed by atoms with E-state index in [9.17, 15) is 8.78 Å². The average molecular weight is 459 g/mol. The standard InChI is InChI=1S/C23H27F2N5O3/c1-2-15-12-26-23(27-13-15)30-7-5-16(6-8-30)4-3-9-32-17-10-18(24)21(19(25)11-17)22-28-20(14-31)33-29-22/h10-13,16,31H,2-9,14H2,1H3. The molecule has 3 heterocycles. The van der Waals surface area contributed by atoms with E-state index in [1.165, 1.54) is 0 Å². The van der Waals surface area contributed by atoms with Crippen molar-refractivity contribution >= 4 is 5.95 Å². The monoisotopic (exact) mass is 459 g/mol. The van der Waals surface area contributed by atoms with Crippen molar-refractivity contribution in [2.24, 2.45) is 5.92 Å². The molecule has 176 valence electrons. The third-order valence-corrected chi connectivity index (χ3v) is 5.87. The molecule has 10 heteroatoms. The van der Waals surface area contributed by atoms with Gasteiger partial charge in [0, 0.05) is 37.6 Å². The first kappa shape index (κ1) is 23.0. The zero-order valence-electron chi connectivity index (χ0n) is 18.5. The second kappa shape index (κ2) is 10.7. The summed E-state index contributed by atoms with van der Waals surface area (Å²) in [7, 11) is 0. The number of ether oxygens (including phenoxy) is 1. The molecular weight excluding hydrogens is 432 g/mol. The lowest BCUT2D eigenvalue weighted by Crippen LogP contribution is -2.35. The van der Waals surface area contributed by atoms with Crippen LogP contribution in [0.3, 0.4) is 0 Å². The maximum Gasteiger partial charge on any atom is 0.252 e. The summed E-state index contributed by atoms with van der Waals surface area (Å²) in [5.41, 5.74) is 0.722. The SMILES string of the molecule is CCc1cnc(N2CCC(CCCOc3cc(F)c(-c4noc(CO)n4)c(F)c3)CC2)nc1. The van der Waals surface area contributed by atoms with Gasteiger partial charge in [-0.05, 0) is 43.6 Å². The van der Waals surface area contributed by atoms with Crippen LogP contribution in [-0.4, -0.2) is 44.9 Å². The van der Waals surface area contributed by atoms with Gasteiger partial charge in [-0.2, -0.15) is 4.98 Å². The summed E-state index contributed by atoms with van der Waals surface area (Å²) in [6, 6.07) is 2.21. The fourth-order valence-electron chi connectivity index (χ4n) is 3.94. The Kier molecular flexibility index (Phi) is 7.43. The zero-order valence-corrected chi connectivity index (χ0v) is 18.5. The second-order valence-corrected chi connectivity index (χ2v) is 8.10. The van der Waals surface area contributed by atoms with Crippen LogP contribution >= 0.6 is 0 Å². The second-order valence-electron chi connectivity index (χ2n) is 8.10. The fraction of sp³-hybridized carbons (Fsp3) is 0.478. The van der Waals surface area contributed by atoms with Gasteiger partial charge >= 0.3 is 0 Å². The first-order valence-corrected chi connectivity index (χ1v) is 11.2. The van der Waals surface area contributed by atoms with Crippen molar-refractivity contribution < 1.29 is 23.1 Å². The quantitative estimate of drug-likeness (QED) is 0.481. The molecule has 1 saturated heterocycles. The number of hydrogen-bond acceptors (Lipinski definition) is 8. The number of piperidine rings is 1. The molecule has 0 bridgehead atoms. The largest absolute Gasteiger partial charge is 0.493 e. The van der Waals surface area contributed by atoms with E-state index in [2.05, 4.69) is 31.9 Å². The summed E-state index contributed by atoms with van der Waals surface area (Å²) in [4.78, 5) is 14.9. The van der Waals surface area contributed by atoms with Crippen molar-refractivity contribution in [2.45, 2.75) is 45.6 Å². The first-order chi connectivity index (χ1) is 16.1. The first-order valence-electron chi connectivity index (χ1n) is 11.2. The Morgan fingerprint density at radius 3 is 2.45 bits per heavy atom. The normalized spacial score (nSPS) is 14.6. The Hall–Kier alpha value is -3.14. The molecule has 1 aromatic carbocycles. The van der Waals surface area contributed by atoms with Crippen molar-refractivity contribution in [3.63, 3.8) is 0 Å². The van der Waals surface area contributed by atoms with E-state index in [4.69, 9.17) is 14.4 Å². The van der Waals surface area contributed by atoms with Crippen LogP contribution in [0.4, 0.5) is 14.7 Å². The van der Waals surface area contributed by atoms with E-state index in [0.29, 0.717) is 12.5 Å². The minimum absolute atomic E-state index is 0.113. The van der Waals surface area contributed by atoms with Crippen LogP contribution in [0.2, 0.25) is 0 Å². The highest BCUT2D eigenvalue weighted by Crippen LogP contribution is 2.29. The maximum atomic E-state index is 14.4. The molecule has 4 rings (SSSR count). The van der Waals surface area contributed by atoms with Crippen LogP contribution < -0.4 is 9.64 Å². The van der Waals surface area contributed by atoms with Gasteiger partial charge in [-0.3, -0.25) is 0 Å². The highest BCUT2D eigenvalue weighted by molar-refractivity contribution is 5.58. The predicted molar refractivity (Wildman–Crippen MR) is 117 cm³/mol. The van der Waals surface area contributed by atoms with Gasteiger partial charge in [0.05, 0.1) is 12.2 Å². The van der Waals surface area contributed by atoms with Gasteiger partial charge in [0.2, 0.25) is 11.8 Å². The molecule has 0 atom stereocenters. The predicted octanol–water partition coefficient (Wildman–Crippen LogP) is 3.94. The summed E-state index contributed by atoms with van der Waals surface area (Å²) in [5, 5.41) is 12.5. The summed E-state index contributed by atoms with van der Waals surface area (Å²) in [6.07, 6.45) is 8.59. The molecule has 0 saturated carbocycles. The van der Waals surface area contributed by atoms with E-state index in [1.54, 1.807) is 0 Å². The van der Waals surface area contributed by atoms with Gasteiger partial charge in [0.25, 0.3) is 5.89 Å². The highest BCUT2D eigenvalue weighted by Gasteiger charge is 2.21. The maximum absolute atomic E-state index is 14.4. The van der Waals surface area contributed by atoms with E-state index >= 15 is 0 Å². The number of halogens is 2. The van der Waals surface area contributed by atoms with Gasteiger partial charge in [0.1, 0.15) is 24.0 Å². The number of aryl methyl sites for hydroxylation is 1. The lowest BCUT2D eigenvalue weighted by molar-refractivity contribution is 0.222. The van der Waals surface area contributed by atoms with Gasteiger partial charge in [-0.15, -0.1) is 0 Å². The molecule has 0 amide bonds. The molecule has 0 aliphatic carbocycles. The number of aromatic nitrogens is 4. The highest BCUT2D eigenvalue weighted by atomic mass is 19.1. The molecular formula is C23H27F2N5O3. The average Bonchev–Trinajstić information content (AvgIpc) is 3.31. The van der Waals surface area contributed by atoms with Crippen molar-refractivity contribution in [2.75, 3.05) is 24.6 Å². The number of aliphatic hydroxyl groups is 1. The Balaban J connectivity index is 1.22. The van der Waals surface area contributed by atoms with Crippen molar-refractivity contribution in [3.05, 3.63) is 47.6 Å². The number of hydrogen-bond donors (Lipinski definition) is 1. The molecule has 0 unspecified atom stereocenters. The number of benzene rings is 1. The molecule has 1 aliphatic heterocycles. The summed E-state index contributed by atoms with van der Waals surface area (Å²) in [6.45, 7) is 3.79. The molecule has 1 aliphatic rings. The molecule has 0 radical (unpaired) electrons. The molecule has 1 N–H and O–H groups in total. The molecule has 0 spiro atoms. The number of anilines is 1. The molecule has 8 nitrogen and oxygen atoms in total. The van der Waals surface area contributed by atoms with Crippen LogP contribution in [0.5, 0.6) is 5.75 Å². The number of rotatable bonds is 9. The lowest BCUT2D eigenvalue weighted by atomic mass is 9.92. The summed E-state index contributed by atoms with van der Waals surface area (Å²) in [5.74, 6) is -0.587. The Labute approximate surface area is 190 Å². The van der Waals surface area contributed by atoms with Crippen molar-refractivity contribution in [1.82, 2.24) is 20.1 Å². The van der Waals surface area contributed by atoms with E-state index in [0.717, 1.165) is 68.8 Å². The van der Waals surface area contributed by atoms with Gasteiger partial charge in [-0.1, -0.05) is 12.1 Å². The Bertz CT molecular complexity index is 1030. The third-order valence-electron chi connectivity index (χ3n) is 5.87. The number of nitrogens with zero attached hydrogens (tertiary/aromatic N) is 5. The smallest absolute Gasteiger partial charge is 0.252 e. The topological polar surface area (TPSA) is 97.4 Å². The van der Waals surface area contributed by atoms with Crippen LogP contribution in [0.15, 0.2) is 29.0 Å². The Morgan fingerprint density at radius 1 is 1.15 bits per heavy atom. The van der Waals surface area contributed by atoms with E-state index in [-0.39, 0.29) is 17.5 Å². The van der Waals surface area contributed by atoms with Crippen molar-refractivity contribution in [3.8, 4) is 17.1 Å². The molecule has 33 heavy (non-hydrogen) atoms. The van der Waals surface area contributed by atoms with E-state index in [1.807, 2.05) is 12.4 Å². The summed E-state index contributed by atoms with van der Waals surface area (Å²) < 4.78 is 39.1. The lowest BCUT2D eigenvalue weighted by Gasteiger charge is -2.32. The zero-order chi connectivity index (χ0) is 23.2. The fourth-order valence-corrected chi connectivity index (χ4v) is 3.94. The summed E-state index contributed by atoms with van der Waals surface area (Å²) >= 11 is 0. The number of aliphatic hydroxyl groups excluding tert-OH is 1. The minimum atomic E-state index is -0.850. The van der Waals surface area contributed by atoms with Gasteiger partial charge in [-0.25, -0.2) is 18.7 Å². The van der Waals surface area contributed by atoms with Gasteiger partial charge in [0.15, 0.2) is 0 Å². The van der Waals surface area contributed by atoms with Crippen LogP contribution in [0.25, 0.3) is 11.4 Å². The van der Waals surface area contributed by atoms with Gasteiger partial charge < -0.3 is 19.3 Å². The van der Waals surface area contributed by atoms with E-state index < -0.39 is 23.8 Å². The van der Waals surface area contributed by atoms with Crippen LogP contribution in [0.1, 0.15) is 44.1 Å². The molecule has 2 aromatic heterocycles. The Morgan fingerprint density at radius 2 is 1.85 bits per heavy atom.